The number of hydrogen-bond donors (Lipinski definition) is 1. The summed E-state index contributed by atoms with van der Waals surface area (Å²) in [6.07, 6.45) is 1.08. The van der Waals surface area contributed by atoms with Gasteiger partial charge >= 0.3 is 0 Å². The second kappa shape index (κ2) is 6.05. The highest BCUT2D eigenvalue weighted by Crippen LogP contribution is 2.32. The number of nitrogens with zero attached hydrogens (tertiary/aromatic N) is 1. The second-order valence-electron chi connectivity index (χ2n) is 7.45. The van der Waals surface area contributed by atoms with Gasteiger partial charge in [-0.3, -0.25) is 0 Å². The maximum Gasteiger partial charge on any atom is 0.0475 e. The Balaban J connectivity index is 1.79. The molecule has 0 saturated carbocycles. The molecule has 2 aromatic rings. The third-order valence-corrected chi connectivity index (χ3v) is 5.27. The lowest BCUT2D eigenvalue weighted by Crippen LogP contribution is -2.46. The van der Waals surface area contributed by atoms with Gasteiger partial charge in [0.2, 0.25) is 0 Å². The predicted molar refractivity (Wildman–Crippen MR) is 97.0 cm³/mol. The zero-order valence-corrected chi connectivity index (χ0v) is 14.6. The first-order valence-electron chi connectivity index (χ1n) is 8.06. The molecule has 1 fully saturated rings. The molecule has 22 heavy (non-hydrogen) atoms. The van der Waals surface area contributed by atoms with Gasteiger partial charge in [-0.1, -0.05) is 45.0 Å². The molecule has 0 radical (unpaired) electrons. The highest BCUT2D eigenvalue weighted by molar-refractivity contribution is 7.08. The van der Waals surface area contributed by atoms with Crippen LogP contribution in [-0.4, -0.2) is 19.1 Å². The minimum absolute atomic E-state index is 0.213. The second-order valence-corrected chi connectivity index (χ2v) is 8.23. The maximum atomic E-state index is 6.32. The van der Waals surface area contributed by atoms with Crippen LogP contribution in [0.1, 0.15) is 44.2 Å². The zero-order valence-electron chi connectivity index (χ0n) is 13.8. The Morgan fingerprint density at radius 3 is 2.41 bits per heavy atom. The number of rotatable bonds is 2. The largest absolute Gasteiger partial charge is 0.369 e. The molecule has 2 nitrogen and oxygen atoms in total. The Kier molecular flexibility index (Phi) is 4.28. The van der Waals surface area contributed by atoms with Crippen LogP contribution in [0.4, 0.5) is 5.69 Å². The third-order valence-electron chi connectivity index (χ3n) is 4.60. The van der Waals surface area contributed by atoms with Gasteiger partial charge in [0, 0.05) is 36.1 Å². The van der Waals surface area contributed by atoms with Gasteiger partial charge in [0.1, 0.15) is 0 Å². The first-order chi connectivity index (χ1) is 10.4. The van der Waals surface area contributed by atoms with Crippen LogP contribution in [0.2, 0.25) is 0 Å². The van der Waals surface area contributed by atoms with E-state index in [0.717, 1.165) is 19.5 Å². The molecular weight excluding hydrogens is 288 g/mol. The molecule has 1 aliphatic rings. The van der Waals surface area contributed by atoms with Crippen molar-refractivity contribution in [3.8, 4) is 0 Å². The quantitative estimate of drug-likeness (QED) is 0.892. The van der Waals surface area contributed by atoms with Gasteiger partial charge in [-0.2, -0.15) is 11.3 Å². The van der Waals surface area contributed by atoms with Gasteiger partial charge in [0.05, 0.1) is 0 Å². The van der Waals surface area contributed by atoms with E-state index >= 15 is 0 Å². The Labute approximate surface area is 138 Å². The molecular formula is C19H26N2S. The Morgan fingerprint density at radius 2 is 1.82 bits per heavy atom. The summed E-state index contributed by atoms with van der Waals surface area (Å²) in [5.41, 5.74) is 10.7. The SMILES string of the molecule is CC(C)(C)c1ccc(C2CC(N)CN(c3ccsc3)C2)cc1. The number of piperidine rings is 1. The summed E-state index contributed by atoms with van der Waals surface area (Å²) >= 11 is 1.75. The van der Waals surface area contributed by atoms with Gasteiger partial charge in [0.25, 0.3) is 0 Å². The van der Waals surface area contributed by atoms with Crippen LogP contribution in [0.25, 0.3) is 0 Å². The van der Waals surface area contributed by atoms with Crippen LogP contribution < -0.4 is 10.6 Å². The van der Waals surface area contributed by atoms with Crippen molar-refractivity contribution in [1.29, 1.82) is 0 Å². The first kappa shape index (κ1) is 15.6. The van der Waals surface area contributed by atoms with Crippen molar-refractivity contribution in [2.24, 2.45) is 5.73 Å². The summed E-state index contributed by atoms with van der Waals surface area (Å²) < 4.78 is 0. The number of nitrogens with two attached hydrogens (primary N) is 1. The average molecular weight is 314 g/mol. The van der Waals surface area contributed by atoms with Gasteiger partial charge in [-0.05, 0) is 34.4 Å². The first-order valence-corrected chi connectivity index (χ1v) is 9.01. The number of benzene rings is 1. The smallest absolute Gasteiger partial charge is 0.0475 e. The van der Waals surface area contributed by atoms with Crippen molar-refractivity contribution < 1.29 is 0 Å². The number of thiophene rings is 1. The Morgan fingerprint density at radius 1 is 1.09 bits per heavy atom. The predicted octanol–water partition coefficient (Wildman–Crippen LogP) is 4.37. The topological polar surface area (TPSA) is 29.3 Å². The Hall–Kier alpha value is -1.32. The fourth-order valence-corrected chi connectivity index (χ4v) is 3.95. The lowest BCUT2D eigenvalue weighted by Gasteiger charge is -2.37. The molecule has 0 bridgehead atoms. The molecule has 0 aliphatic carbocycles. The minimum Gasteiger partial charge on any atom is -0.369 e. The van der Waals surface area contributed by atoms with Crippen LogP contribution >= 0.6 is 11.3 Å². The van der Waals surface area contributed by atoms with Crippen LogP contribution in [0, 0.1) is 0 Å². The molecule has 3 rings (SSSR count). The fraction of sp³-hybridized carbons (Fsp3) is 0.474. The fourth-order valence-electron chi connectivity index (χ4n) is 3.28. The van der Waals surface area contributed by atoms with Crippen molar-refractivity contribution in [3.63, 3.8) is 0 Å². The van der Waals surface area contributed by atoms with E-state index in [2.05, 4.69) is 66.8 Å². The van der Waals surface area contributed by atoms with Crippen LogP contribution in [0.5, 0.6) is 0 Å². The van der Waals surface area contributed by atoms with E-state index in [9.17, 15) is 0 Å². The molecule has 1 aromatic heterocycles. The van der Waals surface area contributed by atoms with Gasteiger partial charge in [0.15, 0.2) is 0 Å². The molecule has 118 valence electrons. The van der Waals surface area contributed by atoms with Crippen LogP contribution in [0.3, 0.4) is 0 Å². The van der Waals surface area contributed by atoms with E-state index in [4.69, 9.17) is 5.73 Å². The normalized spacial score (nSPS) is 22.8. The van der Waals surface area contributed by atoms with Crippen molar-refractivity contribution in [2.45, 2.75) is 44.6 Å². The van der Waals surface area contributed by atoms with E-state index in [1.807, 2.05) is 0 Å². The molecule has 2 N–H and O–H groups in total. The molecule has 0 amide bonds. The summed E-state index contributed by atoms with van der Waals surface area (Å²) in [6, 6.07) is 11.6. The summed E-state index contributed by atoms with van der Waals surface area (Å²) in [6.45, 7) is 8.82. The van der Waals surface area contributed by atoms with Crippen molar-refractivity contribution in [1.82, 2.24) is 0 Å². The standard InChI is InChI=1S/C19H26N2S/c1-19(2,3)16-6-4-14(5-7-16)15-10-17(20)12-21(11-15)18-8-9-22-13-18/h4-9,13,15,17H,10-12,20H2,1-3H3. The summed E-state index contributed by atoms with van der Waals surface area (Å²) in [7, 11) is 0. The van der Waals surface area contributed by atoms with Crippen molar-refractivity contribution in [2.75, 3.05) is 18.0 Å². The highest BCUT2D eigenvalue weighted by atomic mass is 32.1. The molecule has 2 heterocycles. The zero-order chi connectivity index (χ0) is 15.7. The van der Waals surface area contributed by atoms with E-state index in [0.29, 0.717) is 5.92 Å². The molecule has 1 saturated heterocycles. The summed E-state index contributed by atoms with van der Waals surface area (Å²) in [5, 5.41) is 4.36. The lowest BCUT2D eigenvalue weighted by atomic mass is 9.83. The lowest BCUT2D eigenvalue weighted by molar-refractivity contribution is 0.454. The molecule has 3 heteroatoms. The van der Waals surface area contributed by atoms with Crippen molar-refractivity contribution in [3.05, 3.63) is 52.2 Å². The van der Waals surface area contributed by atoms with E-state index < -0.39 is 0 Å². The van der Waals surface area contributed by atoms with Crippen LogP contribution in [-0.2, 0) is 5.41 Å². The molecule has 2 atom stereocenters. The maximum absolute atomic E-state index is 6.32. The average Bonchev–Trinajstić information content (AvgIpc) is 3.00. The summed E-state index contributed by atoms with van der Waals surface area (Å²) in [4.78, 5) is 2.44. The van der Waals surface area contributed by atoms with Gasteiger partial charge in [-0.25, -0.2) is 0 Å². The minimum atomic E-state index is 0.213. The van der Waals surface area contributed by atoms with E-state index in [1.165, 1.54) is 16.8 Å². The van der Waals surface area contributed by atoms with E-state index in [-0.39, 0.29) is 11.5 Å². The molecule has 0 spiro atoms. The monoisotopic (exact) mass is 314 g/mol. The Bertz CT molecular complexity index is 595. The molecule has 2 unspecified atom stereocenters. The number of anilines is 1. The van der Waals surface area contributed by atoms with E-state index in [1.54, 1.807) is 11.3 Å². The summed E-state index contributed by atoms with van der Waals surface area (Å²) in [5.74, 6) is 0.526. The van der Waals surface area contributed by atoms with Gasteiger partial charge < -0.3 is 10.6 Å². The molecule has 1 aromatic carbocycles. The third kappa shape index (κ3) is 3.36. The van der Waals surface area contributed by atoms with Gasteiger partial charge in [-0.15, -0.1) is 0 Å². The van der Waals surface area contributed by atoms with Crippen molar-refractivity contribution >= 4 is 17.0 Å². The highest BCUT2D eigenvalue weighted by Gasteiger charge is 2.27. The van der Waals surface area contributed by atoms with Crippen LogP contribution in [0.15, 0.2) is 41.1 Å². The molecule has 1 aliphatic heterocycles. The number of hydrogen-bond acceptors (Lipinski definition) is 3.